The molecule has 3 aliphatic heterocycles. The molecule has 0 aliphatic carbocycles. The third-order valence-corrected chi connectivity index (χ3v) is 9.39. The fourth-order valence-electron chi connectivity index (χ4n) is 6.29. The van der Waals surface area contributed by atoms with Gasteiger partial charge in [-0.25, -0.2) is 0 Å². The second kappa shape index (κ2) is 11.9. The van der Waals surface area contributed by atoms with E-state index >= 15 is 0 Å². The predicted molar refractivity (Wildman–Crippen MR) is 166 cm³/mol. The first-order valence-electron chi connectivity index (χ1n) is 14.6. The first kappa shape index (κ1) is 28.2. The number of rotatable bonds is 6. The molecule has 0 unspecified atom stereocenters. The number of carbonyl (C=O) groups is 2. The van der Waals surface area contributed by atoms with Crippen molar-refractivity contribution in [3.63, 3.8) is 0 Å². The Kier molecular flexibility index (Phi) is 7.61. The van der Waals surface area contributed by atoms with Gasteiger partial charge in [0.05, 0.1) is 13.2 Å². The summed E-state index contributed by atoms with van der Waals surface area (Å²) in [7, 11) is 0. The van der Waals surface area contributed by atoms with E-state index < -0.39 is 6.17 Å². The van der Waals surface area contributed by atoms with Gasteiger partial charge in [-0.1, -0.05) is 60.7 Å². The highest BCUT2D eigenvalue weighted by Gasteiger charge is 2.43. The van der Waals surface area contributed by atoms with Crippen molar-refractivity contribution in [1.82, 2.24) is 9.58 Å². The van der Waals surface area contributed by atoms with Gasteiger partial charge in [-0.2, -0.15) is 0 Å². The number of morpholine rings is 1. The minimum absolute atomic E-state index is 0.0223. The molecular formula is C34H31N3O6S. The standard InChI is InChI=1S/C34H31N3O6S/c1-22(38)43-28-12-7-10-24-21-44-29-13-6-5-11-25(29)26(31(24)28)18-37-30-20-41-17-16-35(30)34(40)32-33(27(39)14-15-36(32)37)42-19-23-8-3-2-4-9-23/h2-15,26,30H,16-21H2,1H3/t26-,30-/m1/s1. The molecule has 1 fully saturated rings. The summed E-state index contributed by atoms with van der Waals surface area (Å²) in [5, 5.41) is 2.08. The van der Waals surface area contributed by atoms with Crippen molar-refractivity contribution in [2.45, 2.75) is 36.3 Å². The highest BCUT2D eigenvalue weighted by molar-refractivity contribution is 7.98. The van der Waals surface area contributed by atoms with Crippen molar-refractivity contribution >= 4 is 23.6 Å². The lowest BCUT2D eigenvalue weighted by Gasteiger charge is -2.49. The summed E-state index contributed by atoms with van der Waals surface area (Å²) in [5.74, 6) is 0.373. The normalized spacial score (nSPS) is 18.8. The largest absolute Gasteiger partial charge is 0.482 e. The molecule has 7 rings (SSSR count). The van der Waals surface area contributed by atoms with Crippen molar-refractivity contribution in [3.8, 4) is 11.5 Å². The summed E-state index contributed by atoms with van der Waals surface area (Å²) in [6, 6.07) is 25.1. The summed E-state index contributed by atoms with van der Waals surface area (Å²) < 4.78 is 19.6. The monoisotopic (exact) mass is 609 g/mol. The van der Waals surface area contributed by atoms with Gasteiger partial charge in [-0.3, -0.25) is 24.1 Å². The van der Waals surface area contributed by atoms with Gasteiger partial charge in [-0.05, 0) is 28.8 Å². The van der Waals surface area contributed by atoms with Gasteiger partial charge in [0, 0.05) is 54.4 Å². The van der Waals surface area contributed by atoms with Crippen LogP contribution in [-0.2, 0) is 21.9 Å². The van der Waals surface area contributed by atoms with Crippen LogP contribution in [0.25, 0.3) is 0 Å². The van der Waals surface area contributed by atoms with Crippen molar-refractivity contribution in [1.29, 1.82) is 0 Å². The second-order valence-electron chi connectivity index (χ2n) is 11.0. The minimum atomic E-state index is -0.416. The Hall–Kier alpha value is -4.54. The minimum Gasteiger partial charge on any atom is -0.482 e. The summed E-state index contributed by atoms with van der Waals surface area (Å²) in [6.45, 7) is 3.06. The molecule has 1 saturated heterocycles. The summed E-state index contributed by atoms with van der Waals surface area (Å²) in [5.41, 5.74) is 3.83. The van der Waals surface area contributed by atoms with Gasteiger partial charge < -0.3 is 19.1 Å². The molecule has 3 aliphatic rings. The molecule has 0 saturated carbocycles. The lowest BCUT2D eigenvalue weighted by molar-refractivity contribution is -0.131. The number of fused-ring (bicyclic) bond motifs is 4. The van der Waals surface area contributed by atoms with E-state index in [4.69, 9.17) is 14.2 Å². The van der Waals surface area contributed by atoms with E-state index in [1.807, 2.05) is 54.6 Å². The predicted octanol–water partition coefficient (Wildman–Crippen LogP) is 4.54. The molecule has 10 heteroatoms. The van der Waals surface area contributed by atoms with Gasteiger partial charge in [0.15, 0.2) is 11.4 Å². The van der Waals surface area contributed by atoms with Crippen LogP contribution in [-0.4, -0.2) is 53.9 Å². The lowest BCUT2D eigenvalue weighted by Crippen LogP contribution is -2.66. The number of hydrogen-bond acceptors (Lipinski definition) is 8. The van der Waals surface area contributed by atoms with E-state index in [1.54, 1.807) is 27.5 Å². The molecule has 2 atom stereocenters. The number of aromatic nitrogens is 1. The SMILES string of the molecule is CC(=O)Oc1cccc2c1[C@H](CN1[C@@H]3COCCN3C(=O)c3c(OCc4ccccc4)c(=O)ccn31)c1ccccc1SC2. The average molecular weight is 610 g/mol. The van der Waals surface area contributed by atoms with Crippen LogP contribution in [0.15, 0.2) is 94.7 Å². The molecule has 1 aromatic heterocycles. The van der Waals surface area contributed by atoms with Crippen molar-refractivity contribution in [3.05, 3.63) is 123 Å². The van der Waals surface area contributed by atoms with Gasteiger partial charge >= 0.3 is 5.97 Å². The highest BCUT2D eigenvalue weighted by Crippen LogP contribution is 2.45. The number of esters is 1. The number of hydrogen-bond donors (Lipinski definition) is 0. The van der Waals surface area contributed by atoms with Crippen LogP contribution in [0.4, 0.5) is 0 Å². The topological polar surface area (TPSA) is 90.3 Å². The van der Waals surface area contributed by atoms with Crippen LogP contribution in [0, 0.1) is 0 Å². The van der Waals surface area contributed by atoms with Crippen LogP contribution in [0.5, 0.6) is 11.5 Å². The Morgan fingerprint density at radius 3 is 2.66 bits per heavy atom. The quantitative estimate of drug-likeness (QED) is 0.233. The van der Waals surface area contributed by atoms with Crippen molar-refractivity contribution < 1.29 is 23.8 Å². The Labute approximate surface area is 258 Å². The molecule has 0 N–H and O–H groups in total. The number of benzene rings is 3. The molecule has 44 heavy (non-hydrogen) atoms. The zero-order valence-electron chi connectivity index (χ0n) is 24.2. The third-order valence-electron chi connectivity index (χ3n) is 8.25. The van der Waals surface area contributed by atoms with E-state index in [9.17, 15) is 14.4 Å². The maximum atomic E-state index is 14.0. The molecule has 1 amide bonds. The molecule has 0 radical (unpaired) electrons. The molecular weight excluding hydrogens is 578 g/mol. The van der Waals surface area contributed by atoms with Crippen LogP contribution < -0.4 is 19.9 Å². The fraction of sp³-hybridized carbons (Fsp3) is 0.265. The maximum absolute atomic E-state index is 14.0. The molecule has 3 aromatic carbocycles. The molecule has 0 bridgehead atoms. The Bertz CT molecular complexity index is 1790. The van der Waals surface area contributed by atoms with Crippen LogP contribution >= 0.6 is 11.8 Å². The Morgan fingerprint density at radius 2 is 1.82 bits per heavy atom. The smallest absolute Gasteiger partial charge is 0.308 e. The number of pyridine rings is 1. The molecule has 224 valence electrons. The fourth-order valence-corrected chi connectivity index (χ4v) is 7.41. The van der Waals surface area contributed by atoms with Crippen LogP contribution in [0.3, 0.4) is 0 Å². The summed E-state index contributed by atoms with van der Waals surface area (Å²) in [6.07, 6.45) is 1.23. The van der Waals surface area contributed by atoms with E-state index in [-0.39, 0.29) is 41.3 Å². The highest BCUT2D eigenvalue weighted by atomic mass is 32.2. The lowest BCUT2D eigenvalue weighted by atomic mass is 9.87. The summed E-state index contributed by atoms with van der Waals surface area (Å²) >= 11 is 1.75. The van der Waals surface area contributed by atoms with E-state index in [0.717, 1.165) is 32.9 Å². The van der Waals surface area contributed by atoms with Gasteiger partial charge in [0.1, 0.15) is 18.5 Å². The number of carbonyl (C=O) groups excluding carboxylic acids is 2. The van der Waals surface area contributed by atoms with E-state index in [2.05, 4.69) is 23.2 Å². The van der Waals surface area contributed by atoms with Crippen molar-refractivity contribution in [2.75, 3.05) is 31.3 Å². The molecule has 4 aromatic rings. The Morgan fingerprint density at radius 1 is 1.00 bits per heavy atom. The first-order valence-corrected chi connectivity index (χ1v) is 15.6. The third kappa shape index (κ3) is 5.14. The first-order chi connectivity index (χ1) is 21.5. The molecule has 9 nitrogen and oxygen atoms in total. The number of amides is 1. The number of thioether (sulfide) groups is 1. The average Bonchev–Trinajstić information content (AvgIpc) is 3.20. The molecule has 0 spiro atoms. The van der Waals surface area contributed by atoms with Gasteiger partial charge in [0.25, 0.3) is 5.91 Å². The number of ether oxygens (including phenoxy) is 3. The zero-order chi connectivity index (χ0) is 30.2. The van der Waals surface area contributed by atoms with Crippen LogP contribution in [0.2, 0.25) is 0 Å². The number of nitrogens with zero attached hydrogens (tertiary/aromatic N) is 3. The van der Waals surface area contributed by atoms with Crippen LogP contribution in [0.1, 0.15) is 45.6 Å². The van der Waals surface area contributed by atoms with Crippen molar-refractivity contribution in [2.24, 2.45) is 0 Å². The maximum Gasteiger partial charge on any atom is 0.308 e. The summed E-state index contributed by atoms with van der Waals surface area (Å²) in [4.78, 5) is 42.4. The second-order valence-corrected chi connectivity index (χ2v) is 12.0. The Balaban J connectivity index is 1.37. The van der Waals surface area contributed by atoms with Gasteiger partial charge in [-0.15, -0.1) is 11.8 Å². The molecule has 4 heterocycles. The van der Waals surface area contributed by atoms with Gasteiger partial charge in [0.2, 0.25) is 5.43 Å². The zero-order valence-corrected chi connectivity index (χ0v) is 25.0. The van der Waals surface area contributed by atoms with E-state index in [0.29, 0.717) is 32.1 Å². The van der Waals surface area contributed by atoms with E-state index in [1.165, 1.54) is 13.0 Å².